The molecule has 182 valence electrons. The zero-order chi connectivity index (χ0) is 25.2. The van der Waals surface area contributed by atoms with E-state index in [1.807, 2.05) is 30.5 Å². The third kappa shape index (κ3) is 7.26. The minimum Gasteiger partial charge on any atom is -0.497 e. The normalized spacial score (nSPS) is 10.9. The van der Waals surface area contributed by atoms with Crippen LogP contribution in [0.15, 0.2) is 47.1 Å². The van der Waals surface area contributed by atoms with Crippen LogP contribution in [0.1, 0.15) is 5.56 Å². The molecule has 0 unspecified atom stereocenters. The Hall–Kier alpha value is -3.46. The maximum Gasteiger partial charge on any atom is 0.268 e. The van der Waals surface area contributed by atoms with E-state index in [0.717, 1.165) is 11.5 Å². The van der Waals surface area contributed by atoms with Gasteiger partial charge in [0.05, 0.1) is 19.2 Å². The average Bonchev–Trinajstić information content (AvgIpc) is 3.33. The van der Waals surface area contributed by atoms with Gasteiger partial charge in [-0.2, -0.15) is 14.6 Å². The number of halogens is 1. The van der Waals surface area contributed by atoms with E-state index in [0.29, 0.717) is 38.8 Å². The largest absolute Gasteiger partial charge is 0.497 e. The lowest BCUT2D eigenvalue weighted by molar-refractivity contribution is -0.112. The Balaban J connectivity index is 1.67. The highest BCUT2D eigenvalue weighted by molar-refractivity contribution is 7.98. The summed E-state index contributed by atoms with van der Waals surface area (Å²) < 4.78 is 26.1. The maximum absolute atomic E-state index is 12.5. The van der Waals surface area contributed by atoms with E-state index in [1.54, 1.807) is 25.3 Å². The number of hydrogen-bond acceptors (Lipinski definition) is 10. The first-order chi connectivity index (χ1) is 17.0. The van der Waals surface area contributed by atoms with Crippen molar-refractivity contribution in [1.29, 1.82) is 5.26 Å². The summed E-state index contributed by atoms with van der Waals surface area (Å²) in [6.45, 7) is 0.463. The SMILES string of the molecule is COc1cccc(OCCOc2c(Cl)cc(/C=C(/C#N)C(=O)Nc3nc(SC)ns3)cc2OC)c1. The molecule has 0 aliphatic rings. The van der Waals surface area contributed by atoms with E-state index in [-0.39, 0.29) is 23.8 Å². The van der Waals surface area contributed by atoms with E-state index in [4.69, 9.17) is 30.5 Å². The minimum absolute atomic E-state index is 0.135. The number of ether oxygens (including phenoxy) is 4. The first-order valence-electron chi connectivity index (χ1n) is 10.1. The summed E-state index contributed by atoms with van der Waals surface area (Å²) in [7, 11) is 3.05. The van der Waals surface area contributed by atoms with Gasteiger partial charge in [-0.15, -0.1) is 0 Å². The van der Waals surface area contributed by atoms with E-state index >= 15 is 0 Å². The van der Waals surface area contributed by atoms with Crippen molar-refractivity contribution in [3.05, 3.63) is 52.6 Å². The van der Waals surface area contributed by atoms with Gasteiger partial charge in [0.15, 0.2) is 11.5 Å². The Kier molecular flexibility index (Phi) is 9.60. The number of anilines is 1. The molecule has 2 aromatic carbocycles. The summed E-state index contributed by atoms with van der Waals surface area (Å²) in [5, 5.41) is 13.1. The zero-order valence-corrected chi connectivity index (χ0v) is 21.4. The molecule has 1 amide bonds. The number of nitriles is 1. The third-order valence-electron chi connectivity index (χ3n) is 4.38. The summed E-state index contributed by atoms with van der Waals surface area (Å²) in [5.74, 6) is 1.39. The van der Waals surface area contributed by atoms with Crippen molar-refractivity contribution in [2.24, 2.45) is 0 Å². The van der Waals surface area contributed by atoms with E-state index in [9.17, 15) is 10.1 Å². The number of amides is 1. The van der Waals surface area contributed by atoms with Gasteiger partial charge in [0.1, 0.15) is 36.4 Å². The molecule has 1 aromatic heterocycles. The highest BCUT2D eigenvalue weighted by atomic mass is 35.5. The van der Waals surface area contributed by atoms with Gasteiger partial charge in [0.2, 0.25) is 10.3 Å². The van der Waals surface area contributed by atoms with Crippen LogP contribution in [0, 0.1) is 11.3 Å². The van der Waals surface area contributed by atoms with Crippen LogP contribution >= 0.6 is 34.9 Å². The number of carbonyl (C=O) groups excluding carboxylic acids is 1. The van der Waals surface area contributed by atoms with Crippen LogP contribution in [0.3, 0.4) is 0 Å². The summed E-state index contributed by atoms with van der Waals surface area (Å²) in [4.78, 5) is 16.6. The van der Waals surface area contributed by atoms with Crippen molar-refractivity contribution in [3.8, 4) is 29.1 Å². The van der Waals surface area contributed by atoms with Crippen molar-refractivity contribution >= 4 is 52.0 Å². The predicted molar refractivity (Wildman–Crippen MR) is 136 cm³/mol. The molecule has 0 fully saturated rings. The van der Waals surface area contributed by atoms with Crippen molar-refractivity contribution in [2.75, 3.05) is 39.0 Å². The molecule has 12 heteroatoms. The van der Waals surface area contributed by atoms with E-state index < -0.39 is 5.91 Å². The van der Waals surface area contributed by atoms with Crippen molar-refractivity contribution in [2.45, 2.75) is 5.16 Å². The minimum atomic E-state index is -0.610. The molecule has 1 N–H and O–H groups in total. The molecule has 1 heterocycles. The molecule has 3 rings (SSSR count). The number of hydrogen-bond donors (Lipinski definition) is 1. The first kappa shape index (κ1) is 26.2. The van der Waals surface area contributed by atoms with Gasteiger partial charge in [-0.25, -0.2) is 0 Å². The molecule has 0 aliphatic heterocycles. The Morgan fingerprint density at radius 2 is 1.97 bits per heavy atom. The van der Waals surface area contributed by atoms with Crippen LogP contribution in [0.25, 0.3) is 6.08 Å². The van der Waals surface area contributed by atoms with Crippen LogP contribution in [0.2, 0.25) is 5.02 Å². The molecule has 9 nitrogen and oxygen atoms in total. The molecule has 3 aromatic rings. The van der Waals surface area contributed by atoms with Gasteiger partial charge >= 0.3 is 0 Å². The third-order valence-corrected chi connectivity index (χ3v) is 5.95. The van der Waals surface area contributed by atoms with Gasteiger partial charge < -0.3 is 18.9 Å². The molecule has 0 aliphatic carbocycles. The van der Waals surface area contributed by atoms with Crippen LogP contribution in [-0.2, 0) is 4.79 Å². The predicted octanol–water partition coefficient (Wildman–Crippen LogP) is 4.93. The first-order valence-corrected chi connectivity index (χ1v) is 12.4. The summed E-state index contributed by atoms with van der Waals surface area (Å²) >= 11 is 8.79. The number of nitrogens with zero attached hydrogens (tertiary/aromatic N) is 3. The Bertz CT molecular complexity index is 1260. The highest BCUT2D eigenvalue weighted by Crippen LogP contribution is 2.37. The zero-order valence-electron chi connectivity index (χ0n) is 19.0. The van der Waals surface area contributed by atoms with Crippen molar-refractivity contribution < 1.29 is 23.7 Å². The lowest BCUT2D eigenvalue weighted by Gasteiger charge is -2.14. The van der Waals surface area contributed by atoms with Gasteiger partial charge in [-0.05, 0) is 42.2 Å². The molecule has 0 bridgehead atoms. The summed E-state index contributed by atoms with van der Waals surface area (Å²) in [6, 6.07) is 12.3. The highest BCUT2D eigenvalue weighted by Gasteiger charge is 2.16. The fourth-order valence-electron chi connectivity index (χ4n) is 2.78. The molecule has 0 radical (unpaired) electrons. The molecular formula is C23H21ClN4O5S2. The van der Waals surface area contributed by atoms with Crippen LogP contribution in [0.4, 0.5) is 5.13 Å². The second-order valence-corrected chi connectivity index (χ2v) is 8.55. The monoisotopic (exact) mass is 532 g/mol. The fourth-order valence-corrected chi connectivity index (χ4v) is 4.18. The Morgan fingerprint density at radius 3 is 2.66 bits per heavy atom. The van der Waals surface area contributed by atoms with Gasteiger partial charge in [-0.3, -0.25) is 10.1 Å². The fraction of sp³-hybridized carbons (Fsp3) is 0.217. The number of carbonyl (C=O) groups is 1. The smallest absolute Gasteiger partial charge is 0.268 e. The lowest BCUT2D eigenvalue weighted by Crippen LogP contribution is -2.13. The molecule has 0 saturated carbocycles. The number of rotatable bonds is 11. The number of nitrogens with one attached hydrogen (secondary N) is 1. The second kappa shape index (κ2) is 12.9. The number of methoxy groups -OCH3 is 2. The van der Waals surface area contributed by atoms with Gasteiger partial charge in [-0.1, -0.05) is 29.4 Å². The maximum atomic E-state index is 12.5. The standard InChI is InChI=1S/C23H21ClN4O5S2/c1-30-16-5-4-6-17(12-16)32-7-8-33-20-18(24)10-14(11-19(20)31-2)9-15(13-25)21(29)26-22-27-23(34-3)28-35-22/h4-6,9-12H,7-8H2,1-3H3,(H,26,27,28,29)/b15-9-. The summed E-state index contributed by atoms with van der Waals surface area (Å²) in [6.07, 6.45) is 3.22. The second-order valence-electron chi connectivity index (χ2n) is 6.62. The van der Waals surface area contributed by atoms with Crippen LogP contribution < -0.4 is 24.3 Å². The van der Waals surface area contributed by atoms with E-state index in [2.05, 4.69) is 14.7 Å². The topological polar surface area (TPSA) is 116 Å². The Morgan fingerprint density at radius 1 is 1.20 bits per heavy atom. The molecule has 0 saturated heterocycles. The van der Waals surface area contributed by atoms with Gasteiger partial charge in [0.25, 0.3) is 5.91 Å². The Labute approximate surface area is 215 Å². The van der Waals surface area contributed by atoms with Crippen molar-refractivity contribution in [1.82, 2.24) is 9.36 Å². The quantitative estimate of drug-likeness (QED) is 0.159. The van der Waals surface area contributed by atoms with Crippen LogP contribution in [0.5, 0.6) is 23.0 Å². The molecule has 0 spiro atoms. The van der Waals surface area contributed by atoms with Crippen LogP contribution in [-0.4, -0.2) is 49.0 Å². The molecular weight excluding hydrogens is 512 g/mol. The molecule has 0 atom stereocenters. The summed E-state index contributed by atoms with van der Waals surface area (Å²) in [5.41, 5.74) is 0.352. The number of benzene rings is 2. The molecule has 35 heavy (non-hydrogen) atoms. The number of aromatic nitrogens is 2. The van der Waals surface area contributed by atoms with Crippen molar-refractivity contribution in [3.63, 3.8) is 0 Å². The average molecular weight is 533 g/mol. The van der Waals surface area contributed by atoms with Gasteiger partial charge in [0, 0.05) is 17.6 Å². The van der Waals surface area contributed by atoms with E-state index in [1.165, 1.54) is 24.9 Å². The lowest BCUT2D eigenvalue weighted by atomic mass is 10.1. The number of thioether (sulfide) groups is 1.